The molecule has 3 unspecified atom stereocenters. The van der Waals surface area contributed by atoms with Gasteiger partial charge in [0.2, 0.25) is 0 Å². The quantitative estimate of drug-likeness (QED) is 0.117. The Morgan fingerprint density at radius 3 is 2.34 bits per heavy atom. The Balaban J connectivity index is 2.60. The molecule has 0 saturated heterocycles. The van der Waals surface area contributed by atoms with E-state index in [0.29, 0.717) is 17.8 Å². The summed E-state index contributed by atoms with van der Waals surface area (Å²) >= 11 is 0. The van der Waals surface area contributed by atoms with Crippen LogP contribution in [0.15, 0.2) is 119 Å². The Morgan fingerprint density at radius 2 is 1.71 bits per heavy atom. The van der Waals surface area contributed by atoms with Crippen LogP contribution in [0.25, 0.3) is 0 Å². The van der Waals surface area contributed by atoms with Gasteiger partial charge in [0.05, 0.1) is 0 Å². The van der Waals surface area contributed by atoms with Crippen LogP contribution in [-0.4, -0.2) is 0 Å². The molecule has 0 aliphatic heterocycles. The second kappa shape index (κ2) is 20.3. The third kappa shape index (κ3) is 13.3. The molecule has 1 rings (SSSR count). The number of allylic oxidation sites excluding steroid dienone is 18. The molecule has 0 amide bonds. The summed E-state index contributed by atoms with van der Waals surface area (Å²) in [7, 11) is 0. The lowest BCUT2D eigenvalue weighted by Crippen LogP contribution is -2.09. The number of unbranched alkanes of at least 4 members (excludes halogenated alkanes) is 1. The Kier molecular flexibility index (Phi) is 18.0. The Labute approximate surface area is 255 Å². The van der Waals surface area contributed by atoms with Crippen LogP contribution < -0.4 is 0 Å². The van der Waals surface area contributed by atoms with Crippen LogP contribution in [0.2, 0.25) is 0 Å². The summed E-state index contributed by atoms with van der Waals surface area (Å²) in [6.45, 7) is 28.4. The second-order valence-corrected chi connectivity index (χ2v) is 12.3. The summed E-state index contributed by atoms with van der Waals surface area (Å²) in [5.74, 6) is 1.87. The van der Waals surface area contributed by atoms with E-state index in [0.717, 1.165) is 44.1 Å². The summed E-state index contributed by atoms with van der Waals surface area (Å²) in [5.41, 5.74) is 11.5. The molecule has 0 aromatic rings. The van der Waals surface area contributed by atoms with Gasteiger partial charge >= 0.3 is 0 Å². The van der Waals surface area contributed by atoms with E-state index in [4.69, 9.17) is 0 Å². The average molecular weight is 555 g/mol. The third-order valence-electron chi connectivity index (χ3n) is 8.95. The number of hydrogen-bond donors (Lipinski definition) is 0. The molecule has 0 N–H and O–H groups in total. The van der Waals surface area contributed by atoms with Gasteiger partial charge in [0.15, 0.2) is 0 Å². The van der Waals surface area contributed by atoms with E-state index in [9.17, 15) is 0 Å². The van der Waals surface area contributed by atoms with Crippen molar-refractivity contribution in [3.05, 3.63) is 119 Å². The summed E-state index contributed by atoms with van der Waals surface area (Å²) in [6, 6.07) is 0. The zero-order valence-corrected chi connectivity index (χ0v) is 28.3. The van der Waals surface area contributed by atoms with Crippen LogP contribution in [0.3, 0.4) is 0 Å². The Morgan fingerprint density at radius 1 is 1.00 bits per heavy atom. The smallest absolute Gasteiger partial charge is 0.0147 e. The molecule has 1 aliphatic rings. The molecule has 0 saturated carbocycles. The first-order valence-electron chi connectivity index (χ1n) is 16.2. The summed E-state index contributed by atoms with van der Waals surface area (Å²) in [5, 5.41) is 0. The van der Waals surface area contributed by atoms with Crippen LogP contribution in [0.5, 0.6) is 0 Å². The molecule has 41 heavy (non-hydrogen) atoms. The van der Waals surface area contributed by atoms with Crippen molar-refractivity contribution in [1.29, 1.82) is 0 Å². The minimum atomic E-state index is 0.590. The number of rotatable bonds is 18. The third-order valence-corrected chi connectivity index (χ3v) is 8.95. The van der Waals surface area contributed by atoms with E-state index < -0.39 is 0 Å². The SMILES string of the molecule is C=CC(=C)CC(C)CC=CC(=CC)CCCC(CC)C(C)=C(C)C=CCCC=CC1=C(C)C(C)=C(C=CC)CC1C. The fourth-order valence-corrected chi connectivity index (χ4v) is 5.89. The van der Waals surface area contributed by atoms with Gasteiger partial charge in [-0.15, -0.1) is 0 Å². The fourth-order valence-electron chi connectivity index (χ4n) is 5.89. The normalized spacial score (nSPS) is 19.2. The first kappa shape index (κ1) is 36.4. The lowest BCUT2D eigenvalue weighted by molar-refractivity contribution is 0.517. The van der Waals surface area contributed by atoms with Crippen molar-refractivity contribution in [2.75, 3.05) is 0 Å². The predicted molar refractivity (Wildman–Crippen MR) is 188 cm³/mol. The maximum atomic E-state index is 4.05. The molecule has 3 atom stereocenters. The Hall–Kier alpha value is -2.60. The van der Waals surface area contributed by atoms with Crippen molar-refractivity contribution in [2.24, 2.45) is 17.8 Å². The van der Waals surface area contributed by atoms with Crippen LogP contribution in [0, 0.1) is 17.8 Å². The standard InChI is InChI=1S/C41H62/c1-12-22-40-30-34(8)41(37(11)36(40)10)28-19-17-16-18-24-33(7)35(9)39(15-4)27-21-26-38(14-3)25-20-23-32(6)29-31(5)13-2/h12-14,18-20,22,24-25,28,32,34,39H,2,5,15-17,21,23,26-27,29-30H2,1,3-4,6-11H3. The van der Waals surface area contributed by atoms with Gasteiger partial charge in [0.25, 0.3) is 0 Å². The van der Waals surface area contributed by atoms with Crippen LogP contribution in [0.4, 0.5) is 0 Å². The van der Waals surface area contributed by atoms with Gasteiger partial charge in [-0.3, -0.25) is 0 Å². The predicted octanol–water partition coefficient (Wildman–Crippen LogP) is 13.3. The van der Waals surface area contributed by atoms with Gasteiger partial charge in [-0.1, -0.05) is 117 Å². The van der Waals surface area contributed by atoms with Crippen LogP contribution in [0.1, 0.15) is 120 Å². The molecule has 0 aromatic heterocycles. The molecule has 1 aliphatic carbocycles. The first-order chi connectivity index (χ1) is 19.6. The van der Waals surface area contributed by atoms with Gasteiger partial charge in [0.1, 0.15) is 0 Å². The lowest BCUT2D eigenvalue weighted by atomic mass is 9.80. The van der Waals surface area contributed by atoms with Crippen molar-refractivity contribution in [1.82, 2.24) is 0 Å². The molecule has 0 radical (unpaired) electrons. The molecule has 0 bridgehead atoms. The van der Waals surface area contributed by atoms with Crippen LogP contribution >= 0.6 is 0 Å². The highest BCUT2D eigenvalue weighted by molar-refractivity contribution is 5.48. The zero-order valence-electron chi connectivity index (χ0n) is 28.3. The van der Waals surface area contributed by atoms with Gasteiger partial charge in [-0.25, -0.2) is 0 Å². The van der Waals surface area contributed by atoms with Crippen molar-refractivity contribution >= 4 is 0 Å². The molecule has 226 valence electrons. The molecular formula is C41H62. The van der Waals surface area contributed by atoms with E-state index in [2.05, 4.69) is 130 Å². The summed E-state index contributed by atoms with van der Waals surface area (Å²) in [4.78, 5) is 0. The molecule has 0 aromatic carbocycles. The molecular weight excluding hydrogens is 492 g/mol. The summed E-state index contributed by atoms with van der Waals surface area (Å²) < 4.78 is 0. The van der Waals surface area contributed by atoms with E-state index >= 15 is 0 Å². The zero-order chi connectivity index (χ0) is 30.8. The topological polar surface area (TPSA) is 0 Å². The lowest BCUT2D eigenvalue weighted by Gasteiger charge is -2.25. The fraction of sp³-hybridized carbons (Fsp3) is 0.512. The minimum absolute atomic E-state index is 0.590. The van der Waals surface area contributed by atoms with Crippen molar-refractivity contribution in [3.63, 3.8) is 0 Å². The highest BCUT2D eigenvalue weighted by atomic mass is 14.2. The summed E-state index contributed by atoms with van der Waals surface area (Å²) in [6.07, 6.45) is 33.1. The highest BCUT2D eigenvalue weighted by Crippen LogP contribution is 2.35. The second-order valence-electron chi connectivity index (χ2n) is 12.3. The van der Waals surface area contributed by atoms with Gasteiger partial charge in [-0.2, -0.15) is 0 Å². The molecule has 0 fully saturated rings. The monoisotopic (exact) mass is 554 g/mol. The van der Waals surface area contributed by atoms with E-state index in [1.54, 1.807) is 5.57 Å². The van der Waals surface area contributed by atoms with Gasteiger partial charge < -0.3 is 0 Å². The van der Waals surface area contributed by atoms with Crippen molar-refractivity contribution in [3.8, 4) is 0 Å². The molecule has 0 nitrogen and oxygen atoms in total. The minimum Gasteiger partial charge on any atom is -0.0988 e. The highest BCUT2D eigenvalue weighted by Gasteiger charge is 2.19. The molecule has 0 spiro atoms. The molecule has 0 heterocycles. The van der Waals surface area contributed by atoms with E-state index in [-0.39, 0.29) is 0 Å². The first-order valence-corrected chi connectivity index (χ1v) is 16.2. The maximum Gasteiger partial charge on any atom is -0.0147 e. The Bertz CT molecular complexity index is 1080. The van der Waals surface area contributed by atoms with E-state index in [1.807, 2.05) is 6.08 Å². The van der Waals surface area contributed by atoms with Gasteiger partial charge in [0, 0.05) is 0 Å². The average Bonchev–Trinajstić information content (AvgIpc) is 2.95. The number of hydrogen-bond acceptors (Lipinski definition) is 0. The largest absolute Gasteiger partial charge is 0.0988 e. The van der Waals surface area contributed by atoms with Crippen molar-refractivity contribution < 1.29 is 0 Å². The van der Waals surface area contributed by atoms with E-state index in [1.165, 1.54) is 52.7 Å². The van der Waals surface area contributed by atoms with Crippen molar-refractivity contribution in [2.45, 2.75) is 120 Å². The molecule has 0 heteroatoms. The maximum absolute atomic E-state index is 4.05. The van der Waals surface area contributed by atoms with Crippen LogP contribution in [-0.2, 0) is 0 Å². The van der Waals surface area contributed by atoms with Gasteiger partial charge in [-0.05, 0) is 139 Å².